The fraction of sp³-hybridized carbons (Fsp3) is 0.294. The van der Waals surface area contributed by atoms with Gasteiger partial charge >= 0.3 is 24.1 Å². The molecule has 1 aromatic carbocycles. The molecule has 2 aliphatic heterocycles. The van der Waals surface area contributed by atoms with Crippen molar-refractivity contribution in [1.82, 2.24) is 4.90 Å². The molecule has 0 N–H and O–H groups in total. The maximum atomic E-state index is 13.7. The van der Waals surface area contributed by atoms with Crippen molar-refractivity contribution in [3.05, 3.63) is 18.2 Å². The largest absolute Gasteiger partial charge is 0.450 e. The van der Waals surface area contributed by atoms with Crippen LogP contribution in [0.25, 0.3) is 0 Å². The van der Waals surface area contributed by atoms with Gasteiger partial charge in [0.15, 0.2) is 5.11 Å². The predicted molar refractivity (Wildman–Crippen MR) is 95.2 cm³/mol. The number of hydrogen-bond acceptors (Lipinski definition) is 5. The first-order chi connectivity index (χ1) is 12.4. The van der Waals surface area contributed by atoms with Crippen LogP contribution in [-0.4, -0.2) is 47.2 Å². The van der Waals surface area contributed by atoms with Crippen molar-refractivity contribution in [2.75, 3.05) is 22.9 Å². The second kappa shape index (κ2) is 6.72. The Kier molecular flexibility index (Phi) is 4.61. The Hall–Kier alpha value is -2.99. The standard InChI is InChI=1S/C17H14FN3O4S/c1-3-7-19-11-9-10(5-6-12(11)25-13(18)14(19)22)21-16(24)15(23)20(8-4-2)17(21)26/h1,5-6,9,13H,4,7-8H2,2H3. The quantitative estimate of drug-likeness (QED) is 0.450. The van der Waals surface area contributed by atoms with Gasteiger partial charge in [-0.15, -0.1) is 6.42 Å². The zero-order chi connectivity index (χ0) is 19.0. The third-order valence-electron chi connectivity index (χ3n) is 3.93. The molecule has 7 nitrogen and oxygen atoms in total. The molecule has 0 aliphatic carbocycles. The van der Waals surface area contributed by atoms with Gasteiger partial charge in [-0.1, -0.05) is 12.8 Å². The number of thiocarbonyl (C=S) groups is 1. The number of benzene rings is 1. The smallest absolute Gasteiger partial charge is 0.323 e. The number of amides is 3. The third kappa shape index (κ3) is 2.68. The summed E-state index contributed by atoms with van der Waals surface area (Å²) < 4.78 is 18.7. The highest BCUT2D eigenvalue weighted by atomic mass is 32.1. The molecular weight excluding hydrogens is 361 g/mol. The van der Waals surface area contributed by atoms with Gasteiger partial charge in [0, 0.05) is 6.54 Å². The zero-order valence-corrected chi connectivity index (χ0v) is 14.6. The summed E-state index contributed by atoms with van der Waals surface area (Å²) in [5.41, 5.74) is 0.470. The molecule has 1 aromatic rings. The number of fused-ring (bicyclic) bond motifs is 1. The molecule has 0 radical (unpaired) electrons. The Morgan fingerprint density at radius 3 is 2.65 bits per heavy atom. The lowest BCUT2D eigenvalue weighted by Gasteiger charge is -2.30. The van der Waals surface area contributed by atoms with E-state index in [1.807, 2.05) is 6.92 Å². The summed E-state index contributed by atoms with van der Waals surface area (Å²) in [5, 5.41) is 0.0525. The maximum Gasteiger partial charge on any atom is 0.323 e. The topological polar surface area (TPSA) is 70.2 Å². The normalized spacial score (nSPS) is 19.6. The molecule has 3 rings (SSSR count). The minimum absolute atomic E-state index is 0.0525. The highest BCUT2D eigenvalue weighted by Crippen LogP contribution is 2.38. The molecule has 0 aromatic heterocycles. The van der Waals surface area contributed by atoms with E-state index in [1.165, 1.54) is 23.1 Å². The van der Waals surface area contributed by atoms with Crippen LogP contribution in [0.4, 0.5) is 15.8 Å². The number of halogens is 1. The van der Waals surface area contributed by atoms with Gasteiger partial charge in [-0.25, -0.2) is 4.90 Å². The fourth-order valence-corrected chi connectivity index (χ4v) is 3.13. The zero-order valence-electron chi connectivity index (χ0n) is 13.8. The van der Waals surface area contributed by atoms with E-state index >= 15 is 0 Å². The minimum Gasteiger partial charge on any atom is -0.450 e. The number of carbonyl (C=O) groups excluding carboxylic acids is 3. The maximum absolute atomic E-state index is 13.7. The van der Waals surface area contributed by atoms with Gasteiger partial charge in [-0.2, -0.15) is 4.39 Å². The van der Waals surface area contributed by atoms with E-state index in [-0.39, 0.29) is 28.8 Å². The lowest BCUT2D eigenvalue weighted by molar-refractivity contribution is -0.139. The second-order valence-electron chi connectivity index (χ2n) is 5.59. The van der Waals surface area contributed by atoms with Crippen LogP contribution in [0.15, 0.2) is 18.2 Å². The van der Waals surface area contributed by atoms with Gasteiger partial charge < -0.3 is 4.74 Å². The Morgan fingerprint density at radius 1 is 1.27 bits per heavy atom. The SMILES string of the molecule is C#CCN1C(=O)C(F)Oc2ccc(N3C(=O)C(=O)N(CCC)C3=S)cc21. The Balaban J connectivity index is 2.03. The van der Waals surface area contributed by atoms with E-state index in [4.69, 9.17) is 23.4 Å². The lowest BCUT2D eigenvalue weighted by Crippen LogP contribution is -2.44. The summed E-state index contributed by atoms with van der Waals surface area (Å²) in [7, 11) is 0. The van der Waals surface area contributed by atoms with Crippen LogP contribution >= 0.6 is 12.2 Å². The van der Waals surface area contributed by atoms with Gasteiger partial charge in [0.25, 0.3) is 0 Å². The van der Waals surface area contributed by atoms with Crippen LogP contribution in [-0.2, 0) is 14.4 Å². The number of alkyl halides is 1. The highest BCUT2D eigenvalue weighted by molar-refractivity contribution is 7.80. The molecule has 1 atom stereocenters. The first-order valence-corrected chi connectivity index (χ1v) is 8.21. The molecule has 1 saturated heterocycles. The Morgan fingerprint density at radius 2 is 2.00 bits per heavy atom. The third-order valence-corrected chi connectivity index (χ3v) is 4.34. The van der Waals surface area contributed by atoms with E-state index in [2.05, 4.69) is 5.92 Å². The van der Waals surface area contributed by atoms with Crippen molar-refractivity contribution >= 4 is 46.4 Å². The fourth-order valence-electron chi connectivity index (χ4n) is 2.77. The summed E-state index contributed by atoms with van der Waals surface area (Å²) in [6.45, 7) is 2.01. The molecule has 2 aliphatic rings. The van der Waals surface area contributed by atoms with Gasteiger partial charge in [0.05, 0.1) is 17.9 Å². The lowest BCUT2D eigenvalue weighted by atomic mass is 10.2. The van der Waals surface area contributed by atoms with Crippen LogP contribution < -0.4 is 14.5 Å². The number of rotatable bonds is 4. The van der Waals surface area contributed by atoms with Crippen LogP contribution in [0.5, 0.6) is 5.75 Å². The van der Waals surface area contributed by atoms with Crippen molar-refractivity contribution in [1.29, 1.82) is 0 Å². The van der Waals surface area contributed by atoms with Gasteiger partial charge in [-0.3, -0.25) is 24.2 Å². The summed E-state index contributed by atoms with van der Waals surface area (Å²) in [4.78, 5) is 39.8. The number of nitrogens with zero attached hydrogens (tertiary/aromatic N) is 3. The van der Waals surface area contributed by atoms with Crippen LogP contribution in [0.1, 0.15) is 13.3 Å². The number of ether oxygens (including phenoxy) is 1. The Labute approximate surface area is 154 Å². The first kappa shape index (κ1) is 17.8. The van der Waals surface area contributed by atoms with Crippen LogP contribution in [0.2, 0.25) is 0 Å². The van der Waals surface area contributed by atoms with Crippen molar-refractivity contribution in [3.63, 3.8) is 0 Å². The molecule has 1 unspecified atom stereocenters. The molecule has 134 valence electrons. The van der Waals surface area contributed by atoms with Crippen molar-refractivity contribution in [2.45, 2.75) is 19.7 Å². The van der Waals surface area contributed by atoms with E-state index in [1.54, 1.807) is 0 Å². The molecule has 9 heteroatoms. The average molecular weight is 375 g/mol. The number of terminal acetylenes is 1. The van der Waals surface area contributed by atoms with Crippen molar-refractivity contribution in [3.8, 4) is 18.1 Å². The minimum atomic E-state index is -2.15. The summed E-state index contributed by atoms with van der Waals surface area (Å²) in [6, 6.07) is 4.28. The molecule has 0 bridgehead atoms. The molecule has 3 amide bonds. The molecule has 2 heterocycles. The van der Waals surface area contributed by atoms with E-state index in [9.17, 15) is 18.8 Å². The van der Waals surface area contributed by atoms with E-state index < -0.39 is 24.1 Å². The van der Waals surface area contributed by atoms with Gasteiger partial charge in [0.1, 0.15) is 5.75 Å². The van der Waals surface area contributed by atoms with Crippen LogP contribution in [0.3, 0.4) is 0 Å². The van der Waals surface area contributed by atoms with Gasteiger partial charge in [0.2, 0.25) is 0 Å². The number of anilines is 2. The molecular formula is C17H14FN3O4S. The summed E-state index contributed by atoms with van der Waals surface area (Å²) in [6.07, 6.45) is 3.73. The predicted octanol–water partition coefficient (Wildman–Crippen LogP) is 1.21. The van der Waals surface area contributed by atoms with Crippen molar-refractivity contribution < 1.29 is 23.5 Å². The molecule has 0 spiro atoms. The number of hydrogen-bond donors (Lipinski definition) is 0. The monoisotopic (exact) mass is 375 g/mol. The second-order valence-corrected chi connectivity index (χ2v) is 5.96. The Bertz CT molecular complexity index is 866. The molecule has 0 saturated carbocycles. The highest BCUT2D eigenvalue weighted by Gasteiger charge is 2.43. The number of carbonyl (C=O) groups is 3. The summed E-state index contributed by atoms with van der Waals surface area (Å²) >= 11 is 5.25. The van der Waals surface area contributed by atoms with Crippen LogP contribution in [0, 0.1) is 12.3 Å². The molecule has 1 fully saturated rings. The van der Waals surface area contributed by atoms with Crippen molar-refractivity contribution in [2.24, 2.45) is 0 Å². The summed E-state index contributed by atoms with van der Waals surface area (Å²) in [5.74, 6) is -0.0649. The first-order valence-electron chi connectivity index (χ1n) is 7.80. The van der Waals surface area contributed by atoms with Gasteiger partial charge in [-0.05, 0) is 36.8 Å². The van der Waals surface area contributed by atoms with E-state index in [0.29, 0.717) is 13.0 Å². The molecule has 26 heavy (non-hydrogen) atoms. The van der Waals surface area contributed by atoms with E-state index in [0.717, 1.165) is 9.80 Å². The average Bonchev–Trinajstić information content (AvgIpc) is 2.83.